The first-order chi connectivity index (χ1) is 13.3. The number of rotatable bonds is 5. The van der Waals surface area contributed by atoms with Crippen LogP contribution in [-0.4, -0.2) is 20.8 Å². The molecule has 0 radical (unpaired) electrons. The number of hydrogen-bond donors (Lipinski definition) is 2. The molecule has 28 heavy (non-hydrogen) atoms. The van der Waals surface area contributed by atoms with Gasteiger partial charge in [0.25, 0.3) is 5.56 Å². The third-order valence-corrected chi connectivity index (χ3v) is 4.29. The smallest absolute Gasteiger partial charge is 0.271 e. The molecule has 0 spiro atoms. The molecule has 0 fully saturated rings. The first kappa shape index (κ1) is 19.3. The molecule has 144 valence electrons. The third-order valence-electron chi connectivity index (χ3n) is 4.29. The highest BCUT2D eigenvalue weighted by Crippen LogP contribution is 2.15. The molecule has 1 heterocycles. The predicted octanol–water partition coefficient (Wildman–Crippen LogP) is 3.19. The van der Waals surface area contributed by atoms with E-state index in [1.165, 1.54) is 24.3 Å². The Morgan fingerprint density at radius 3 is 2.61 bits per heavy atom. The van der Waals surface area contributed by atoms with Crippen molar-refractivity contribution in [2.75, 3.05) is 5.32 Å². The highest BCUT2D eigenvalue weighted by molar-refractivity contribution is 5.93. The standard InChI is InChI=1S/C21H20FN3O3/c1-13-10-16(11-15-4-3-5-19(26)12-15)21(28)25(24-13)14(2)20(27)23-18-8-6-17(22)7-9-18/h3-10,12,14,26H,11H2,1-2H3,(H,23,27). The number of carbonyl (C=O) groups is 1. The number of aromatic hydroxyl groups is 1. The number of phenolic OH excluding ortho intramolecular Hbond substituents is 1. The Balaban J connectivity index is 1.86. The van der Waals surface area contributed by atoms with Gasteiger partial charge in [0.2, 0.25) is 5.91 Å². The van der Waals surface area contributed by atoms with Crippen LogP contribution < -0.4 is 10.9 Å². The molecule has 1 amide bonds. The number of phenols is 1. The summed E-state index contributed by atoms with van der Waals surface area (Å²) in [5, 5.41) is 16.5. The Bertz CT molecular complexity index is 1060. The van der Waals surface area contributed by atoms with Gasteiger partial charge < -0.3 is 10.4 Å². The van der Waals surface area contributed by atoms with Crippen LogP contribution in [0.4, 0.5) is 10.1 Å². The maximum atomic E-state index is 13.0. The number of halogens is 1. The molecule has 6 nitrogen and oxygen atoms in total. The van der Waals surface area contributed by atoms with Gasteiger partial charge in [-0.05, 0) is 61.9 Å². The number of benzene rings is 2. The minimum atomic E-state index is -0.861. The zero-order valence-corrected chi connectivity index (χ0v) is 15.5. The van der Waals surface area contributed by atoms with Gasteiger partial charge in [0.1, 0.15) is 17.6 Å². The third kappa shape index (κ3) is 4.43. The van der Waals surface area contributed by atoms with Gasteiger partial charge in [0.15, 0.2) is 0 Å². The Kier molecular flexibility index (Phi) is 5.54. The monoisotopic (exact) mass is 381 g/mol. The van der Waals surface area contributed by atoms with E-state index in [0.29, 0.717) is 23.4 Å². The summed E-state index contributed by atoms with van der Waals surface area (Å²) in [7, 11) is 0. The Labute approximate surface area is 161 Å². The molecule has 1 atom stereocenters. The van der Waals surface area contributed by atoms with Crippen LogP contribution in [-0.2, 0) is 11.2 Å². The number of carbonyl (C=O) groups excluding carboxylic acids is 1. The van der Waals surface area contributed by atoms with E-state index < -0.39 is 17.8 Å². The highest BCUT2D eigenvalue weighted by Gasteiger charge is 2.20. The van der Waals surface area contributed by atoms with Gasteiger partial charge in [-0.1, -0.05) is 12.1 Å². The van der Waals surface area contributed by atoms with Crippen LogP contribution >= 0.6 is 0 Å². The van der Waals surface area contributed by atoms with Gasteiger partial charge in [-0.25, -0.2) is 9.07 Å². The summed E-state index contributed by atoms with van der Waals surface area (Å²) in [4.78, 5) is 25.4. The molecule has 1 aromatic heterocycles. The van der Waals surface area contributed by atoms with Crippen molar-refractivity contribution in [1.29, 1.82) is 0 Å². The predicted molar refractivity (Wildman–Crippen MR) is 104 cm³/mol. The molecule has 0 aliphatic rings. The molecule has 0 bridgehead atoms. The second-order valence-corrected chi connectivity index (χ2v) is 6.58. The molecule has 0 aliphatic heterocycles. The second kappa shape index (κ2) is 8.04. The van der Waals surface area contributed by atoms with Crippen molar-refractivity contribution in [3.63, 3.8) is 0 Å². The Hall–Kier alpha value is -3.48. The van der Waals surface area contributed by atoms with E-state index >= 15 is 0 Å². The number of nitrogens with one attached hydrogen (secondary N) is 1. The van der Waals surface area contributed by atoms with Gasteiger partial charge >= 0.3 is 0 Å². The summed E-state index contributed by atoms with van der Waals surface area (Å²) in [6.45, 7) is 3.32. The lowest BCUT2D eigenvalue weighted by molar-refractivity contribution is -0.119. The average molecular weight is 381 g/mol. The molecule has 2 aromatic carbocycles. The summed E-state index contributed by atoms with van der Waals surface area (Å²) in [6.07, 6.45) is 0.308. The van der Waals surface area contributed by atoms with Crippen LogP contribution in [0.15, 0.2) is 59.4 Å². The summed E-state index contributed by atoms with van der Waals surface area (Å²) in [6, 6.07) is 12.8. The molecule has 0 saturated heterocycles. The molecule has 3 aromatic rings. The Morgan fingerprint density at radius 2 is 1.93 bits per heavy atom. The first-order valence-corrected chi connectivity index (χ1v) is 8.77. The van der Waals surface area contributed by atoms with Crippen molar-refractivity contribution >= 4 is 11.6 Å². The van der Waals surface area contributed by atoms with E-state index in [2.05, 4.69) is 10.4 Å². The topological polar surface area (TPSA) is 84.2 Å². The zero-order valence-electron chi connectivity index (χ0n) is 15.5. The fourth-order valence-corrected chi connectivity index (χ4v) is 2.87. The lowest BCUT2D eigenvalue weighted by Crippen LogP contribution is -2.35. The van der Waals surface area contributed by atoms with Gasteiger partial charge in [-0.3, -0.25) is 9.59 Å². The van der Waals surface area contributed by atoms with Crippen LogP contribution in [0.2, 0.25) is 0 Å². The molecular weight excluding hydrogens is 361 g/mol. The van der Waals surface area contributed by atoms with E-state index in [0.717, 1.165) is 10.2 Å². The summed E-state index contributed by atoms with van der Waals surface area (Å²) < 4.78 is 14.2. The van der Waals surface area contributed by atoms with Gasteiger partial charge in [-0.15, -0.1) is 0 Å². The van der Waals surface area contributed by atoms with Gasteiger partial charge in [0.05, 0.1) is 5.69 Å². The minimum Gasteiger partial charge on any atom is -0.508 e. The zero-order chi connectivity index (χ0) is 20.3. The van der Waals surface area contributed by atoms with Crippen molar-refractivity contribution in [3.8, 4) is 5.75 Å². The number of amides is 1. The molecule has 1 unspecified atom stereocenters. The van der Waals surface area contributed by atoms with Crippen LogP contribution in [0, 0.1) is 12.7 Å². The van der Waals surface area contributed by atoms with E-state index in [4.69, 9.17) is 0 Å². The SMILES string of the molecule is Cc1cc(Cc2cccc(O)c2)c(=O)n(C(C)C(=O)Nc2ccc(F)cc2)n1. The molecule has 7 heteroatoms. The number of aryl methyl sites for hydroxylation is 1. The number of hydrogen-bond acceptors (Lipinski definition) is 4. The molecule has 2 N–H and O–H groups in total. The van der Waals surface area contributed by atoms with Crippen LogP contribution in [0.5, 0.6) is 5.75 Å². The molecular formula is C21H20FN3O3. The van der Waals surface area contributed by atoms with Crippen molar-refractivity contribution in [3.05, 3.63) is 87.6 Å². The normalized spacial score (nSPS) is 11.8. The Morgan fingerprint density at radius 1 is 1.21 bits per heavy atom. The van der Waals surface area contributed by atoms with Crippen LogP contribution in [0.25, 0.3) is 0 Å². The van der Waals surface area contributed by atoms with E-state index in [1.807, 2.05) is 6.07 Å². The molecule has 3 rings (SSSR count). The maximum Gasteiger partial charge on any atom is 0.271 e. The summed E-state index contributed by atoms with van der Waals surface area (Å²) >= 11 is 0. The average Bonchev–Trinajstić information content (AvgIpc) is 2.65. The van der Waals surface area contributed by atoms with Crippen molar-refractivity contribution < 1.29 is 14.3 Å². The van der Waals surface area contributed by atoms with E-state index in [9.17, 15) is 19.1 Å². The molecule has 0 aliphatic carbocycles. The minimum absolute atomic E-state index is 0.121. The fraction of sp³-hybridized carbons (Fsp3) is 0.190. The second-order valence-electron chi connectivity index (χ2n) is 6.58. The number of nitrogens with zero attached hydrogens (tertiary/aromatic N) is 2. The van der Waals surface area contributed by atoms with E-state index in [-0.39, 0.29) is 11.3 Å². The van der Waals surface area contributed by atoms with Crippen molar-refractivity contribution in [1.82, 2.24) is 9.78 Å². The largest absolute Gasteiger partial charge is 0.508 e. The van der Waals surface area contributed by atoms with Crippen molar-refractivity contribution in [2.45, 2.75) is 26.3 Å². The first-order valence-electron chi connectivity index (χ1n) is 8.77. The summed E-state index contributed by atoms with van der Waals surface area (Å²) in [5.41, 5.74) is 1.89. The quantitative estimate of drug-likeness (QED) is 0.711. The number of anilines is 1. The van der Waals surface area contributed by atoms with Crippen molar-refractivity contribution in [2.24, 2.45) is 0 Å². The molecule has 0 saturated carbocycles. The highest BCUT2D eigenvalue weighted by atomic mass is 19.1. The van der Waals surface area contributed by atoms with Crippen LogP contribution in [0.1, 0.15) is 29.8 Å². The lowest BCUT2D eigenvalue weighted by Gasteiger charge is -2.16. The number of aromatic nitrogens is 2. The van der Waals surface area contributed by atoms with Crippen LogP contribution in [0.3, 0.4) is 0 Å². The van der Waals surface area contributed by atoms with Gasteiger partial charge in [-0.2, -0.15) is 5.10 Å². The maximum absolute atomic E-state index is 13.0. The van der Waals surface area contributed by atoms with E-state index in [1.54, 1.807) is 38.1 Å². The lowest BCUT2D eigenvalue weighted by atomic mass is 10.1. The fourth-order valence-electron chi connectivity index (χ4n) is 2.87. The van der Waals surface area contributed by atoms with Gasteiger partial charge in [0, 0.05) is 17.7 Å². The summed E-state index contributed by atoms with van der Waals surface area (Å²) in [5.74, 6) is -0.718.